The van der Waals surface area contributed by atoms with Crippen molar-refractivity contribution >= 4 is 17.7 Å². The number of hydrogen-bond donors (Lipinski definition) is 1. The van der Waals surface area contributed by atoms with E-state index in [2.05, 4.69) is 34.6 Å². The molecule has 4 rings (SSSR count). The summed E-state index contributed by atoms with van der Waals surface area (Å²) in [7, 11) is 1.88. The summed E-state index contributed by atoms with van der Waals surface area (Å²) in [4.78, 5) is 47.4. The van der Waals surface area contributed by atoms with Gasteiger partial charge in [-0.15, -0.1) is 0 Å². The molecular weight excluding hydrogens is 452 g/mol. The third-order valence-corrected chi connectivity index (χ3v) is 7.95. The topological polar surface area (TPSA) is 82.6 Å². The van der Waals surface area contributed by atoms with E-state index in [9.17, 15) is 14.4 Å². The minimum absolute atomic E-state index is 0.0620. The molecule has 3 heterocycles. The number of aryl methyl sites for hydroxylation is 2. The summed E-state index contributed by atoms with van der Waals surface area (Å²) in [5.41, 5.74) is 3.17. The Hall–Kier alpha value is -3.22. The van der Waals surface area contributed by atoms with Gasteiger partial charge in [0.1, 0.15) is 11.7 Å². The zero-order valence-corrected chi connectivity index (χ0v) is 22.1. The van der Waals surface area contributed by atoms with Gasteiger partial charge in [-0.25, -0.2) is 4.98 Å². The maximum atomic E-state index is 13.6. The predicted molar refractivity (Wildman–Crippen MR) is 139 cm³/mol. The van der Waals surface area contributed by atoms with Gasteiger partial charge >= 0.3 is 0 Å². The van der Waals surface area contributed by atoms with Crippen LogP contribution in [0.5, 0.6) is 0 Å². The van der Waals surface area contributed by atoms with Gasteiger partial charge in [-0.05, 0) is 61.3 Å². The fourth-order valence-electron chi connectivity index (χ4n) is 5.85. The Balaban J connectivity index is 1.48. The van der Waals surface area contributed by atoms with Gasteiger partial charge in [-0.3, -0.25) is 14.4 Å². The van der Waals surface area contributed by atoms with E-state index in [1.807, 2.05) is 56.7 Å². The number of likely N-dealkylation sites (N-methyl/N-ethyl adjacent to an activating group) is 1. The Labute approximate surface area is 214 Å². The van der Waals surface area contributed by atoms with Crippen molar-refractivity contribution in [2.75, 3.05) is 26.7 Å². The molecule has 36 heavy (non-hydrogen) atoms. The van der Waals surface area contributed by atoms with E-state index >= 15 is 0 Å². The van der Waals surface area contributed by atoms with E-state index in [4.69, 9.17) is 0 Å². The van der Waals surface area contributed by atoms with E-state index < -0.39 is 6.04 Å². The number of nitrogens with zero attached hydrogens (tertiary/aromatic N) is 3. The van der Waals surface area contributed by atoms with Crippen LogP contribution in [0.3, 0.4) is 0 Å². The SMILES string of the molecule is Cc1cc(C)nc(C(=O)N[C@@H](C(=O)N2CCC3(CC2)CC(=O)N(C)CC3c2ccccc2)C(C)C)c1. The Morgan fingerprint density at radius 1 is 1.08 bits per heavy atom. The van der Waals surface area contributed by atoms with E-state index in [-0.39, 0.29) is 35.0 Å². The molecule has 1 unspecified atom stereocenters. The first-order valence-electron chi connectivity index (χ1n) is 12.9. The number of carbonyl (C=O) groups is 3. The first-order valence-corrected chi connectivity index (χ1v) is 12.9. The largest absolute Gasteiger partial charge is 0.345 e. The van der Waals surface area contributed by atoms with Crippen molar-refractivity contribution in [1.82, 2.24) is 20.1 Å². The minimum atomic E-state index is -0.627. The first kappa shape index (κ1) is 25.9. The summed E-state index contributed by atoms with van der Waals surface area (Å²) in [6.45, 7) is 9.55. The van der Waals surface area contributed by atoms with Crippen LogP contribution < -0.4 is 5.32 Å². The Morgan fingerprint density at radius 2 is 1.75 bits per heavy atom. The van der Waals surface area contributed by atoms with Crippen LogP contribution in [-0.4, -0.2) is 65.2 Å². The van der Waals surface area contributed by atoms with Crippen molar-refractivity contribution in [2.45, 2.75) is 58.9 Å². The standard InChI is InChI=1S/C29H38N4O3/c1-19(2)26(31-27(35)24-16-20(3)15-21(4)30-24)28(36)33-13-11-29(12-14-33)17-25(34)32(5)18-23(29)22-9-7-6-8-10-22/h6-10,15-16,19,23,26H,11-14,17-18H2,1-5H3,(H,31,35)/t23?,26-/m1/s1. The molecule has 0 bridgehead atoms. The molecule has 0 saturated carbocycles. The van der Waals surface area contributed by atoms with Crippen LogP contribution in [0.25, 0.3) is 0 Å². The van der Waals surface area contributed by atoms with Crippen molar-refractivity contribution in [3.63, 3.8) is 0 Å². The van der Waals surface area contributed by atoms with E-state index in [1.165, 1.54) is 5.56 Å². The molecule has 192 valence electrons. The molecule has 1 aromatic carbocycles. The second-order valence-corrected chi connectivity index (χ2v) is 11.0. The first-order chi connectivity index (χ1) is 17.1. The molecule has 1 N–H and O–H groups in total. The van der Waals surface area contributed by atoms with Crippen LogP contribution in [0.1, 0.15) is 66.3 Å². The number of pyridine rings is 1. The number of carbonyl (C=O) groups excluding carboxylic acids is 3. The van der Waals surface area contributed by atoms with E-state index in [1.54, 1.807) is 6.07 Å². The Morgan fingerprint density at radius 3 is 2.36 bits per heavy atom. The lowest BCUT2D eigenvalue weighted by atomic mass is 9.62. The lowest BCUT2D eigenvalue weighted by Gasteiger charge is -2.51. The summed E-state index contributed by atoms with van der Waals surface area (Å²) in [6, 6.07) is 13.5. The highest BCUT2D eigenvalue weighted by molar-refractivity contribution is 5.96. The molecule has 2 atom stereocenters. The number of nitrogens with one attached hydrogen (secondary N) is 1. The van der Waals surface area contributed by atoms with Gasteiger partial charge in [0, 0.05) is 44.7 Å². The van der Waals surface area contributed by atoms with E-state index in [0.29, 0.717) is 31.7 Å². The number of likely N-dealkylation sites (tertiary alicyclic amines) is 2. The summed E-state index contributed by atoms with van der Waals surface area (Å²) in [5.74, 6) is -0.0317. The van der Waals surface area contributed by atoms with Gasteiger partial charge in [0.15, 0.2) is 0 Å². The van der Waals surface area contributed by atoms with Crippen molar-refractivity contribution in [1.29, 1.82) is 0 Å². The normalized spacial score (nSPS) is 20.5. The third-order valence-electron chi connectivity index (χ3n) is 7.95. The average Bonchev–Trinajstić information content (AvgIpc) is 2.84. The smallest absolute Gasteiger partial charge is 0.270 e. The van der Waals surface area contributed by atoms with Crippen molar-refractivity contribution in [2.24, 2.45) is 11.3 Å². The molecule has 2 aromatic rings. The highest BCUT2D eigenvalue weighted by Crippen LogP contribution is 2.50. The summed E-state index contributed by atoms with van der Waals surface area (Å²) >= 11 is 0. The van der Waals surface area contributed by atoms with Crippen molar-refractivity contribution in [3.8, 4) is 0 Å². The summed E-state index contributed by atoms with van der Waals surface area (Å²) in [6.07, 6.45) is 2.05. The predicted octanol–water partition coefficient (Wildman–Crippen LogP) is 3.71. The Bertz CT molecular complexity index is 1100. The molecule has 2 fully saturated rings. The monoisotopic (exact) mass is 490 g/mol. The number of hydrogen-bond acceptors (Lipinski definition) is 4. The van der Waals surface area contributed by atoms with Gasteiger partial charge < -0.3 is 15.1 Å². The van der Waals surface area contributed by atoms with Crippen LogP contribution in [0.15, 0.2) is 42.5 Å². The van der Waals surface area contributed by atoms with Crippen LogP contribution in [-0.2, 0) is 9.59 Å². The summed E-state index contributed by atoms with van der Waals surface area (Å²) in [5, 5.41) is 2.95. The van der Waals surface area contributed by atoms with Crippen molar-refractivity contribution < 1.29 is 14.4 Å². The Kier molecular flexibility index (Phi) is 7.48. The number of piperidine rings is 2. The zero-order chi connectivity index (χ0) is 26.0. The van der Waals surface area contributed by atoms with Gasteiger partial charge in [0.25, 0.3) is 5.91 Å². The molecule has 2 saturated heterocycles. The molecule has 1 aromatic heterocycles. The molecule has 3 amide bonds. The molecule has 0 radical (unpaired) electrons. The molecule has 7 heteroatoms. The van der Waals surface area contributed by atoms with Gasteiger partial charge in [0.05, 0.1) is 0 Å². The molecule has 1 spiro atoms. The van der Waals surface area contributed by atoms with Gasteiger partial charge in [-0.1, -0.05) is 44.2 Å². The number of rotatable bonds is 5. The molecular formula is C29H38N4O3. The molecule has 0 aliphatic carbocycles. The minimum Gasteiger partial charge on any atom is -0.345 e. The molecule has 7 nitrogen and oxygen atoms in total. The maximum absolute atomic E-state index is 13.6. The molecule has 2 aliphatic rings. The second-order valence-electron chi connectivity index (χ2n) is 11.0. The second kappa shape index (κ2) is 10.4. The average molecular weight is 491 g/mol. The highest BCUT2D eigenvalue weighted by atomic mass is 16.2. The van der Waals surface area contributed by atoms with Gasteiger partial charge in [0.2, 0.25) is 11.8 Å². The van der Waals surface area contributed by atoms with Crippen LogP contribution in [0, 0.1) is 25.2 Å². The fraction of sp³-hybridized carbons (Fsp3) is 0.517. The quantitative estimate of drug-likeness (QED) is 0.693. The fourth-order valence-corrected chi connectivity index (χ4v) is 5.85. The lowest BCUT2D eigenvalue weighted by Crippen LogP contribution is -2.57. The van der Waals surface area contributed by atoms with Crippen molar-refractivity contribution in [3.05, 3.63) is 65.0 Å². The number of aromatic nitrogens is 1. The summed E-state index contributed by atoms with van der Waals surface area (Å²) < 4.78 is 0. The van der Waals surface area contributed by atoms with Crippen LogP contribution >= 0.6 is 0 Å². The lowest BCUT2D eigenvalue weighted by molar-refractivity contribution is -0.143. The number of benzene rings is 1. The number of amides is 3. The maximum Gasteiger partial charge on any atom is 0.270 e. The van der Waals surface area contributed by atoms with Gasteiger partial charge in [-0.2, -0.15) is 0 Å². The van der Waals surface area contributed by atoms with Crippen LogP contribution in [0.2, 0.25) is 0 Å². The highest BCUT2D eigenvalue weighted by Gasteiger charge is 2.48. The molecule has 2 aliphatic heterocycles. The van der Waals surface area contributed by atoms with E-state index in [0.717, 1.165) is 24.1 Å². The zero-order valence-electron chi connectivity index (χ0n) is 22.1. The van der Waals surface area contributed by atoms with Crippen LogP contribution in [0.4, 0.5) is 0 Å². The third kappa shape index (κ3) is 5.30.